The summed E-state index contributed by atoms with van der Waals surface area (Å²) in [6, 6.07) is 1.49. The van der Waals surface area contributed by atoms with Crippen molar-refractivity contribution in [1.29, 1.82) is 0 Å². The first-order chi connectivity index (χ1) is 10.7. The molecule has 10 heteroatoms. The molecule has 0 saturated heterocycles. The molecule has 0 unspecified atom stereocenters. The van der Waals surface area contributed by atoms with Gasteiger partial charge < -0.3 is 14.4 Å². The van der Waals surface area contributed by atoms with Crippen LogP contribution in [0.1, 0.15) is 44.2 Å². The third kappa shape index (κ3) is 4.15. The lowest BCUT2D eigenvalue weighted by Crippen LogP contribution is -2.33. The number of aromatic nitrogens is 3. The van der Waals surface area contributed by atoms with Gasteiger partial charge in [-0.2, -0.15) is 4.98 Å². The molecule has 1 atom stereocenters. The number of sulfone groups is 1. The van der Waals surface area contributed by atoms with E-state index in [-0.39, 0.29) is 17.6 Å². The van der Waals surface area contributed by atoms with E-state index in [2.05, 4.69) is 20.6 Å². The molecule has 1 amide bonds. The largest absolute Gasteiger partial charge is 0.360 e. The second-order valence-corrected chi connectivity index (χ2v) is 7.78. The highest BCUT2D eigenvalue weighted by Gasteiger charge is 2.31. The molecule has 1 N–H and O–H groups in total. The topological polar surface area (TPSA) is 128 Å². The first-order valence-corrected chi connectivity index (χ1v) is 8.69. The Labute approximate surface area is 133 Å². The maximum atomic E-state index is 12.3. The Morgan fingerprint density at radius 2 is 1.96 bits per heavy atom. The summed E-state index contributed by atoms with van der Waals surface area (Å²) in [5.41, 5.74) is 0. The van der Waals surface area contributed by atoms with Crippen LogP contribution >= 0.6 is 0 Å². The lowest BCUT2D eigenvalue weighted by Gasteiger charge is -2.10. The highest BCUT2D eigenvalue weighted by atomic mass is 32.2. The Kier molecular flexibility index (Phi) is 4.83. The zero-order valence-corrected chi connectivity index (χ0v) is 14.0. The maximum Gasteiger partial charge on any atom is 0.243 e. The minimum Gasteiger partial charge on any atom is -0.360 e. The van der Waals surface area contributed by atoms with Gasteiger partial charge in [-0.3, -0.25) is 4.79 Å². The van der Waals surface area contributed by atoms with Gasteiger partial charge in [-0.15, -0.1) is 0 Å². The van der Waals surface area contributed by atoms with E-state index in [9.17, 15) is 13.2 Å². The second-order valence-electron chi connectivity index (χ2n) is 5.46. The molecule has 126 valence electrons. The van der Waals surface area contributed by atoms with Gasteiger partial charge in [0.05, 0.1) is 0 Å². The lowest BCUT2D eigenvalue weighted by atomic mass is 10.2. The van der Waals surface area contributed by atoms with E-state index in [1.807, 2.05) is 13.8 Å². The van der Waals surface area contributed by atoms with E-state index in [0.717, 1.165) is 0 Å². The maximum absolute atomic E-state index is 12.3. The van der Waals surface area contributed by atoms with Crippen molar-refractivity contribution >= 4 is 21.6 Å². The van der Waals surface area contributed by atoms with Crippen molar-refractivity contribution in [3.05, 3.63) is 23.5 Å². The molecule has 0 radical (unpaired) electrons. The number of hydrogen-bond donors (Lipinski definition) is 1. The predicted molar refractivity (Wildman–Crippen MR) is 80.3 cm³/mol. The molecule has 0 saturated carbocycles. The molecule has 23 heavy (non-hydrogen) atoms. The van der Waals surface area contributed by atoms with Gasteiger partial charge in [0.25, 0.3) is 0 Å². The Morgan fingerprint density at radius 1 is 1.26 bits per heavy atom. The Balaban J connectivity index is 2.06. The van der Waals surface area contributed by atoms with Gasteiger partial charge in [0.15, 0.2) is 21.5 Å². The molecule has 2 aromatic rings. The zero-order valence-electron chi connectivity index (χ0n) is 13.2. The van der Waals surface area contributed by atoms with Gasteiger partial charge in [-0.05, 0) is 13.8 Å². The quantitative estimate of drug-likeness (QED) is 0.835. The molecule has 0 bridgehead atoms. The fraction of sp³-hybridized carbons (Fsp3) is 0.538. The van der Waals surface area contributed by atoms with Crippen LogP contribution in [0.15, 0.2) is 15.1 Å². The van der Waals surface area contributed by atoms with Crippen molar-refractivity contribution in [3.8, 4) is 0 Å². The first-order valence-electron chi connectivity index (χ1n) is 6.97. The van der Waals surface area contributed by atoms with Crippen LogP contribution in [0, 0.1) is 6.92 Å². The van der Waals surface area contributed by atoms with Gasteiger partial charge in [0, 0.05) is 12.0 Å². The second kappa shape index (κ2) is 6.49. The number of anilines is 1. The number of aryl methyl sites for hydroxylation is 1. The summed E-state index contributed by atoms with van der Waals surface area (Å²) >= 11 is 0. The average Bonchev–Trinajstić information content (AvgIpc) is 3.06. The van der Waals surface area contributed by atoms with Gasteiger partial charge in [-0.25, -0.2) is 8.42 Å². The molecule has 0 spiro atoms. The van der Waals surface area contributed by atoms with Crippen molar-refractivity contribution in [2.75, 3.05) is 5.32 Å². The standard InChI is InChI=1S/C13H18N4O5S/c1-7(2)12-15-11(22-17-12)6-23(19,20)9(4)13(18)14-10-5-8(3)21-16-10/h5,7,9H,6H2,1-4H3,(H,14,16,18)/t9-/m1/s1. The molecule has 0 aromatic carbocycles. The van der Waals surface area contributed by atoms with Crippen LogP contribution in [0.5, 0.6) is 0 Å². The van der Waals surface area contributed by atoms with Crippen LogP contribution < -0.4 is 5.32 Å². The molecule has 2 heterocycles. The number of nitrogens with zero attached hydrogens (tertiary/aromatic N) is 3. The van der Waals surface area contributed by atoms with Crippen LogP contribution in [0.3, 0.4) is 0 Å². The van der Waals surface area contributed by atoms with E-state index in [4.69, 9.17) is 9.05 Å². The summed E-state index contributed by atoms with van der Waals surface area (Å²) in [5.74, 6) is -0.138. The highest BCUT2D eigenvalue weighted by molar-refractivity contribution is 7.92. The Bertz CT molecular complexity index is 793. The summed E-state index contributed by atoms with van der Waals surface area (Å²) < 4.78 is 34.3. The van der Waals surface area contributed by atoms with Crippen molar-refractivity contribution in [2.24, 2.45) is 0 Å². The smallest absolute Gasteiger partial charge is 0.243 e. The molecule has 0 fully saturated rings. The highest BCUT2D eigenvalue weighted by Crippen LogP contribution is 2.15. The molecule has 0 aliphatic rings. The first kappa shape index (κ1) is 17.1. The van der Waals surface area contributed by atoms with Crippen molar-refractivity contribution in [2.45, 2.75) is 44.6 Å². The fourth-order valence-corrected chi connectivity index (χ4v) is 2.77. The summed E-state index contributed by atoms with van der Waals surface area (Å²) in [5, 5.41) is 8.38. The van der Waals surface area contributed by atoms with E-state index in [0.29, 0.717) is 11.6 Å². The van der Waals surface area contributed by atoms with E-state index < -0.39 is 26.7 Å². The molecule has 2 aromatic heterocycles. The van der Waals surface area contributed by atoms with Crippen molar-refractivity contribution in [3.63, 3.8) is 0 Å². The van der Waals surface area contributed by atoms with Crippen LogP contribution in [0.25, 0.3) is 0 Å². The van der Waals surface area contributed by atoms with Crippen LogP contribution in [-0.4, -0.2) is 34.9 Å². The van der Waals surface area contributed by atoms with Gasteiger partial charge in [-0.1, -0.05) is 24.2 Å². The predicted octanol–water partition coefficient (Wildman–Crippen LogP) is 1.43. The van der Waals surface area contributed by atoms with Gasteiger partial charge in [0.2, 0.25) is 11.8 Å². The van der Waals surface area contributed by atoms with E-state index >= 15 is 0 Å². The molecular formula is C13H18N4O5S. The number of hydrogen-bond acceptors (Lipinski definition) is 8. The minimum absolute atomic E-state index is 0.0198. The third-order valence-corrected chi connectivity index (χ3v) is 5.05. The Morgan fingerprint density at radius 3 is 2.48 bits per heavy atom. The summed E-state index contributed by atoms with van der Waals surface area (Å²) in [7, 11) is -3.80. The number of nitrogens with one attached hydrogen (secondary N) is 1. The van der Waals surface area contributed by atoms with Crippen molar-refractivity contribution in [1.82, 2.24) is 15.3 Å². The monoisotopic (exact) mass is 342 g/mol. The van der Waals surface area contributed by atoms with Crippen LogP contribution in [0.4, 0.5) is 5.82 Å². The average molecular weight is 342 g/mol. The number of carbonyl (C=O) groups excluding carboxylic acids is 1. The van der Waals surface area contributed by atoms with Gasteiger partial charge >= 0.3 is 0 Å². The number of carbonyl (C=O) groups is 1. The SMILES string of the molecule is Cc1cc(NC(=O)[C@@H](C)S(=O)(=O)Cc2nc(C(C)C)no2)no1. The molecule has 0 aliphatic carbocycles. The lowest BCUT2D eigenvalue weighted by molar-refractivity contribution is -0.115. The third-order valence-electron chi connectivity index (χ3n) is 3.11. The molecule has 9 nitrogen and oxygen atoms in total. The molecule has 2 rings (SSSR count). The molecule has 0 aliphatic heterocycles. The normalized spacial score (nSPS) is 13.3. The number of amides is 1. The summed E-state index contributed by atoms with van der Waals surface area (Å²) in [6.45, 7) is 6.67. The van der Waals surface area contributed by atoms with Crippen LogP contribution in [-0.2, 0) is 20.4 Å². The summed E-state index contributed by atoms with van der Waals surface area (Å²) in [6.07, 6.45) is 0. The van der Waals surface area contributed by atoms with Crippen LogP contribution in [0.2, 0.25) is 0 Å². The van der Waals surface area contributed by atoms with E-state index in [1.54, 1.807) is 6.92 Å². The van der Waals surface area contributed by atoms with Gasteiger partial charge in [0.1, 0.15) is 16.8 Å². The number of rotatable bonds is 6. The fourth-order valence-electron chi connectivity index (χ4n) is 1.67. The summed E-state index contributed by atoms with van der Waals surface area (Å²) in [4.78, 5) is 16.0. The van der Waals surface area contributed by atoms with E-state index in [1.165, 1.54) is 13.0 Å². The minimum atomic E-state index is -3.80. The Hall–Kier alpha value is -2.23. The molecular weight excluding hydrogens is 324 g/mol. The van der Waals surface area contributed by atoms with Crippen molar-refractivity contribution < 1.29 is 22.3 Å². The zero-order chi connectivity index (χ0) is 17.2.